The molecule has 0 radical (unpaired) electrons. The minimum Gasteiger partial charge on any atom is -0.292 e. The van der Waals surface area contributed by atoms with Gasteiger partial charge in [0.2, 0.25) is 0 Å². The number of para-hydroxylation sites is 1. The monoisotopic (exact) mass is 653 g/mol. The maximum Gasteiger partial charge on any atom is 0.261 e. The third kappa shape index (κ3) is 5.20. The fourth-order valence-corrected chi connectivity index (χ4v) is 3.01. The van der Waals surface area contributed by atoms with Gasteiger partial charge >= 0.3 is 0 Å². The van der Waals surface area contributed by atoms with E-state index >= 15 is 0 Å². The van der Waals surface area contributed by atoms with Gasteiger partial charge in [-0.1, -0.05) is 69.7 Å². The molecule has 0 amide bonds. The molecule has 0 bridgehead atoms. The molecular formula is C26H29DbN2O-. The van der Waals surface area contributed by atoms with Crippen molar-refractivity contribution in [1.82, 2.24) is 9.55 Å². The number of fused-ring (bicyclic) bond motifs is 1. The summed E-state index contributed by atoms with van der Waals surface area (Å²) in [6.45, 7) is 10.4. The molecule has 3 nitrogen and oxygen atoms in total. The Hall–Kier alpha value is -4.20. The molecule has 0 saturated carbocycles. The van der Waals surface area contributed by atoms with E-state index in [0.717, 1.165) is 28.0 Å². The molecule has 4 rings (SSSR count). The second kappa shape index (κ2) is 11.6. The number of benzene rings is 3. The van der Waals surface area contributed by atoms with Gasteiger partial charge in [0.25, 0.3) is 5.56 Å². The van der Waals surface area contributed by atoms with Crippen LogP contribution in [0.3, 0.4) is 0 Å². The number of rotatable bonds is 3. The van der Waals surface area contributed by atoms with Crippen LogP contribution in [0, 0.1) is 13.0 Å². The van der Waals surface area contributed by atoms with E-state index in [2.05, 4.69) is 35.3 Å². The smallest absolute Gasteiger partial charge is 0.261 e. The van der Waals surface area contributed by atoms with E-state index in [1.165, 1.54) is 0 Å². The normalized spacial score (nSPS) is 9.50. The second-order valence-corrected chi connectivity index (χ2v) is 6.04. The Kier molecular flexibility index (Phi) is 9.22. The summed E-state index contributed by atoms with van der Waals surface area (Å²) in [5.41, 5.74) is 4.00. The van der Waals surface area contributed by atoms with Crippen molar-refractivity contribution in [2.24, 2.45) is 0 Å². The van der Waals surface area contributed by atoms with Gasteiger partial charge in [0.1, 0.15) is 5.82 Å². The summed E-state index contributed by atoms with van der Waals surface area (Å²) >= 11 is 0. The second-order valence-electron chi connectivity index (χ2n) is 6.04. The van der Waals surface area contributed by atoms with Crippen LogP contribution >= 0.6 is 0 Å². The molecule has 0 spiro atoms. The average Bonchev–Trinajstić information content (AvgIpc) is 2.80. The van der Waals surface area contributed by atoms with Crippen LogP contribution in [0.15, 0.2) is 77.6 Å². The van der Waals surface area contributed by atoms with Gasteiger partial charge in [0.05, 0.1) is 17.4 Å². The standard InChI is InChI=1S/C22H17N2O.2C2H6.Db/c1-16-23-21-10-6-5-9-20(21)22(25)24(16)15-17-11-13-19(14-12-17)18-7-3-2-4-8-18;2*1-2;/h2-7,9-14H,15H2,1H3;2*1-2H3;/q-1;;;. The van der Waals surface area contributed by atoms with Crippen molar-refractivity contribution in [1.29, 1.82) is 0 Å². The largest absolute Gasteiger partial charge is 0.292 e. The molecule has 0 aliphatic heterocycles. The molecule has 0 N–H and O–H groups in total. The molecule has 152 valence electrons. The van der Waals surface area contributed by atoms with Gasteiger partial charge in [0, 0.05) is 0 Å². The van der Waals surface area contributed by atoms with Crippen LogP contribution in [0.25, 0.3) is 22.0 Å². The minimum absolute atomic E-state index is 0. The van der Waals surface area contributed by atoms with E-state index in [-0.39, 0.29) is 5.56 Å². The molecule has 0 saturated heterocycles. The first kappa shape index (κ1) is 23.8. The number of aryl methyl sites for hydroxylation is 1. The molecule has 1 heterocycles. The third-order valence-corrected chi connectivity index (χ3v) is 4.37. The van der Waals surface area contributed by atoms with E-state index < -0.39 is 0 Å². The molecule has 30 heavy (non-hydrogen) atoms. The first-order chi connectivity index (χ1) is 14.2. The van der Waals surface area contributed by atoms with Crippen molar-refractivity contribution < 1.29 is 0 Å². The van der Waals surface area contributed by atoms with Crippen molar-refractivity contribution in [3.63, 3.8) is 0 Å². The third-order valence-electron chi connectivity index (χ3n) is 4.37. The van der Waals surface area contributed by atoms with Crippen LogP contribution in [0.2, 0.25) is 0 Å². The summed E-state index contributed by atoms with van der Waals surface area (Å²) < 4.78 is 1.73. The molecule has 0 unspecified atom stereocenters. The van der Waals surface area contributed by atoms with Gasteiger partial charge in [0.15, 0.2) is 0 Å². The van der Waals surface area contributed by atoms with Gasteiger partial charge in [-0.15, -0.1) is 35.9 Å². The summed E-state index contributed by atoms with van der Waals surface area (Å²) in [4.78, 5) is 17.3. The van der Waals surface area contributed by atoms with Gasteiger partial charge < -0.3 is 0 Å². The van der Waals surface area contributed by atoms with Crippen LogP contribution in [-0.2, 0) is 6.54 Å². The van der Waals surface area contributed by atoms with Crippen LogP contribution in [0.1, 0.15) is 39.1 Å². The zero-order chi connectivity index (χ0) is 21.2. The van der Waals surface area contributed by atoms with Crippen molar-refractivity contribution in [2.75, 3.05) is 0 Å². The Bertz CT molecular complexity index is 1090. The Morgan fingerprint density at radius 2 is 1.50 bits per heavy atom. The molecule has 0 fully saturated rings. The Balaban J connectivity index is 0.000000851. The van der Waals surface area contributed by atoms with Crippen molar-refractivity contribution >= 4 is 10.9 Å². The van der Waals surface area contributed by atoms with Crippen molar-refractivity contribution in [3.05, 3.63) is 101 Å². The maximum atomic E-state index is 12.8. The molecule has 0 aliphatic carbocycles. The summed E-state index contributed by atoms with van der Waals surface area (Å²) in [6.07, 6.45) is 0. The first-order valence-electron chi connectivity index (χ1n) is 10.2. The van der Waals surface area contributed by atoms with Gasteiger partial charge in [-0.25, -0.2) is 4.98 Å². The van der Waals surface area contributed by atoms with Gasteiger partial charge in [-0.3, -0.25) is 9.36 Å². The van der Waals surface area contributed by atoms with E-state index in [4.69, 9.17) is 0 Å². The van der Waals surface area contributed by atoms with Crippen molar-refractivity contribution in [3.8, 4) is 11.1 Å². The van der Waals surface area contributed by atoms with Gasteiger partial charge in [-0.05, 0) is 24.6 Å². The molecule has 0 atom stereocenters. The fourth-order valence-electron chi connectivity index (χ4n) is 3.01. The molecule has 4 aromatic rings. The summed E-state index contributed by atoms with van der Waals surface area (Å²) in [7, 11) is 0. The number of aromatic nitrogens is 2. The van der Waals surface area contributed by atoms with Crippen molar-refractivity contribution in [2.45, 2.75) is 41.2 Å². The van der Waals surface area contributed by atoms with Crippen LogP contribution < -0.4 is 5.56 Å². The summed E-state index contributed by atoms with van der Waals surface area (Å²) in [5.74, 6) is 0.726. The number of nitrogens with zero attached hydrogens (tertiary/aromatic N) is 2. The zero-order valence-corrected chi connectivity index (χ0v) is 25.1. The Morgan fingerprint density at radius 1 is 0.867 bits per heavy atom. The predicted octanol–water partition coefficient (Wildman–Crippen LogP) is 6.27. The van der Waals surface area contributed by atoms with Crippen LogP contribution in [0.4, 0.5) is 0 Å². The molecule has 0 aliphatic rings. The summed E-state index contributed by atoms with van der Waals surface area (Å²) in [6, 6.07) is 26.8. The quantitative estimate of drug-likeness (QED) is 0.245. The summed E-state index contributed by atoms with van der Waals surface area (Å²) in [5, 5.41) is 0.656. The van der Waals surface area contributed by atoms with Crippen LogP contribution in [-0.4, -0.2) is 9.55 Å². The van der Waals surface area contributed by atoms with E-state index in [1.54, 1.807) is 4.57 Å². The number of hydrogen-bond donors (Lipinski definition) is 0. The fraction of sp³-hybridized carbons (Fsp3) is 0.231. The molecule has 3 aromatic carbocycles. The number of hydrogen-bond acceptors (Lipinski definition) is 2. The van der Waals surface area contributed by atoms with E-state index in [0.29, 0.717) is 11.9 Å². The average molecular weight is 654 g/mol. The topological polar surface area (TPSA) is 34.9 Å². The van der Waals surface area contributed by atoms with Crippen LogP contribution in [0.5, 0.6) is 0 Å². The first-order valence-corrected chi connectivity index (χ1v) is 10.2. The molecule has 4 heteroatoms. The molecule has 1 aromatic heterocycles. The Morgan fingerprint density at radius 3 is 2.13 bits per heavy atom. The Labute approximate surface area is 173 Å². The van der Waals surface area contributed by atoms with E-state index in [9.17, 15) is 4.79 Å². The zero-order valence-electron chi connectivity index (χ0n) is 18.6. The molecular weight excluding hydrogens is 624 g/mol. The predicted molar refractivity (Wildman–Crippen MR) is 123 cm³/mol. The maximum absolute atomic E-state index is 12.8. The SMILES string of the molecule is CC.CC.Cc1nc2ccccc2c(=O)n1Cc1ccc(-c2[c-]cccc2)cc1.[Db]. The minimum atomic E-state index is 0. The van der Waals surface area contributed by atoms with E-state index in [1.807, 2.05) is 83.1 Å². The van der Waals surface area contributed by atoms with Gasteiger partial charge in [-0.2, -0.15) is 0 Å².